The van der Waals surface area contributed by atoms with Crippen LogP contribution in [0.1, 0.15) is 16.7 Å². The molecule has 2 nitrogen and oxygen atoms in total. The van der Waals surface area contributed by atoms with E-state index in [2.05, 4.69) is 0 Å². The largest absolute Gasteiger partial charge is 0.493 e. The van der Waals surface area contributed by atoms with Crippen molar-refractivity contribution in [3.63, 3.8) is 0 Å². The highest BCUT2D eigenvalue weighted by Crippen LogP contribution is 2.27. The number of rotatable bonds is 2. The zero-order valence-corrected chi connectivity index (χ0v) is 8.02. The Labute approximate surface area is 77.0 Å². The second kappa shape index (κ2) is 3.75. The highest BCUT2D eigenvalue weighted by molar-refractivity contribution is 5.43. The number of hydrogen-bond donors (Lipinski definition) is 1. The molecule has 72 valence electrons. The molecule has 3 heteroatoms. The second-order valence-corrected chi connectivity index (χ2v) is 2.98. The minimum Gasteiger partial charge on any atom is -0.493 e. The van der Waals surface area contributed by atoms with Gasteiger partial charge in [-0.2, -0.15) is 0 Å². The van der Waals surface area contributed by atoms with Gasteiger partial charge in [0.05, 0.1) is 13.7 Å². The molecule has 0 bridgehead atoms. The Bertz CT molecular complexity index is 321. The minimum atomic E-state index is -0.350. The van der Waals surface area contributed by atoms with Crippen molar-refractivity contribution in [3.05, 3.63) is 28.6 Å². The fraction of sp³-hybridized carbons (Fsp3) is 0.400. The Hall–Kier alpha value is -1.09. The summed E-state index contributed by atoms with van der Waals surface area (Å²) in [5.41, 5.74) is 1.86. The Kier molecular flexibility index (Phi) is 2.88. The van der Waals surface area contributed by atoms with Crippen LogP contribution in [-0.2, 0) is 6.61 Å². The normalized spacial score (nSPS) is 10.2. The summed E-state index contributed by atoms with van der Waals surface area (Å²) in [4.78, 5) is 0. The minimum absolute atomic E-state index is 0.0939. The van der Waals surface area contributed by atoms with Crippen molar-refractivity contribution in [2.24, 2.45) is 0 Å². The third-order valence-electron chi connectivity index (χ3n) is 2.13. The highest BCUT2D eigenvalue weighted by Gasteiger charge is 2.12. The van der Waals surface area contributed by atoms with Crippen LogP contribution in [0.2, 0.25) is 0 Å². The first-order valence-electron chi connectivity index (χ1n) is 4.05. The van der Waals surface area contributed by atoms with Crippen molar-refractivity contribution in [2.45, 2.75) is 20.5 Å². The lowest BCUT2D eigenvalue weighted by Gasteiger charge is -2.11. The molecule has 0 radical (unpaired) electrons. The second-order valence-electron chi connectivity index (χ2n) is 2.98. The van der Waals surface area contributed by atoms with E-state index in [-0.39, 0.29) is 18.2 Å². The molecule has 0 fully saturated rings. The summed E-state index contributed by atoms with van der Waals surface area (Å²) in [6.45, 7) is 3.28. The number of aryl methyl sites for hydroxylation is 1. The van der Waals surface area contributed by atoms with Gasteiger partial charge in [0.15, 0.2) is 11.6 Å². The Morgan fingerprint density at radius 3 is 2.54 bits per heavy atom. The maximum absolute atomic E-state index is 13.4. The van der Waals surface area contributed by atoms with E-state index in [9.17, 15) is 4.39 Å². The summed E-state index contributed by atoms with van der Waals surface area (Å²) in [7, 11) is 1.42. The maximum Gasteiger partial charge on any atom is 0.168 e. The van der Waals surface area contributed by atoms with Crippen molar-refractivity contribution < 1.29 is 14.2 Å². The van der Waals surface area contributed by atoms with Gasteiger partial charge in [0.2, 0.25) is 0 Å². The third-order valence-corrected chi connectivity index (χ3v) is 2.13. The average Bonchev–Trinajstić information content (AvgIpc) is 2.12. The van der Waals surface area contributed by atoms with Crippen LogP contribution in [-0.4, -0.2) is 12.2 Å². The molecule has 1 aromatic rings. The van der Waals surface area contributed by atoms with E-state index in [1.807, 2.05) is 0 Å². The summed E-state index contributed by atoms with van der Waals surface area (Å²) < 4.78 is 18.3. The van der Waals surface area contributed by atoms with Gasteiger partial charge in [0, 0.05) is 0 Å². The Balaban J connectivity index is 3.39. The number of aliphatic hydroxyl groups is 1. The first-order valence-corrected chi connectivity index (χ1v) is 4.05. The van der Waals surface area contributed by atoms with E-state index in [1.165, 1.54) is 7.11 Å². The summed E-state index contributed by atoms with van der Waals surface area (Å²) in [5, 5.41) is 8.98. The molecule has 0 spiro atoms. The van der Waals surface area contributed by atoms with Gasteiger partial charge in [-0.3, -0.25) is 0 Å². The first kappa shape index (κ1) is 9.99. The number of halogens is 1. The van der Waals surface area contributed by atoms with Gasteiger partial charge >= 0.3 is 0 Å². The quantitative estimate of drug-likeness (QED) is 0.761. The van der Waals surface area contributed by atoms with Gasteiger partial charge in [-0.25, -0.2) is 4.39 Å². The van der Waals surface area contributed by atoms with E-state index in [4.69, 9.17) is 9.84 Å². The number of hydrogen-bond acceptors (Lipinski definition) is 2. The molecule has 1 N–H and O–H groups in total. The smallest absolute Gasteiger partial charge is 0.168 e. The van der Waals surface area contributed by atoms with Crippen LogP contribution in [0.4, 0.5) is 4.39 Å². The summed E-state index contributed by atoms with van der Waals surface area (Å²) >= 11 is 0. The molecule has 1 rings (SSSR count). The summed E-state index contributed by atoms with van der Waals surface area (Å²) in [6, 6.07) is 1.63. The van der Waals surface area contributed by atoms with Crippen molar-refractivity contribution in [3.8, 4) is 5.75 Å². The summed E-state index contributed by atoms with van der Waals surface area (Å²) in [6.07, 6.45) is 0. The Morgan fingerprint density at radius 2 is 2.08 bits per heavy atom. The zero-order chi connectivity index (χ0) is 10.0. The lowest BCUT2D eigenvalue weighted by molar-refractivity contribution is 0.279. The van der Waals surface area contributed by atoms with E-state index in [1.54, 1.807) is 19.9 Å². The topological polar surface area (TPSA) is 29.5 Å². The molecule has 0 heterocycles. The molecule has 0 aromatic heterocycles. The van der Waals surface area contributed by atoms with E-state index in [0.717, 1.165) is 0 Å². The van der Waals surface area contributed by atoms with Gasteiger partial charge in [0.25, 0.3) is 0 Å². The monoisotopic (exact) mass is 184 g/mol. The van der Waals surface area contributed by atoms with Crippen molar-refractivity contribution in [2.75, 3.05) is 7.11 Å². The number of benzene rings is 1. The molecule has 0 aliphatic carbocycles. The molecule has 0 amide bonds. The molecule has 0 aliphatic rings. The average molecular weight is 184 g/mol. The number of ether oxygens (including phenoxy) is 1. The van der Waals surface area contributed by atoms with Crippen LogP contribution >= 0.6 is 0 Å². The van der Waals surface area contributed by atoms with E-state index in [0.29, 0.717) is 16.7 Å². The summed E-state index contributed by atoms with van der Waals surface area (Å²) in [5.74, 6) is -0.124. The fourth-order valence-corrected chi connectivity index (χ4v) is 1.33. The molecular formula is C10H13FO2. The Morgan fingerprint density at radius 1 is 1.46 bits per heavy atom. The SMILES string of the molecule is COc1c(C)c(CO)cc(C)c1F. The van der Waals surface area contributed by atoms with Gasteiger partial charge in [-0.1, -0.05) is 6.07 Å². The van der Waals surface area contributed by atoms with Crippen LogP contribution in [0.5, 0.6) is 5.75 Å². The standard InChI is InChI=1S/C10H13FO2/c1-6-4-8(5-12)7(2)10(13-3)9(6)11/h4,12H,5H2,1-3H3. The molecule has 13 heavy (non-hydrogen) atoms. The van der Waals surface area contributed by atoms with Gasteiger partial charge in [-0.05, 0) is 30.5 Å². The predicted octanol–water partition coefficient (Wildman–Crippen LogP) is 1.94. The lowest BCUT2D eigenvalue weighted by atomic mass is 10.0. The van der Waals surface area contributed by atoms with Gasteiger partial charge in [0.1, 0.15) is 0 Å². The van der Waals surface area contributed by atoms with Crippen LogP contribution in [0.15, 0.2) is 6.07 Å². The van der Waals surface area contributed by atoms with Crippen LogP contribution in [0.25, 0.3) is 0 Å². The highest BCUT2D eigenvalue weighted by atomic mass is 19.1. The maximum atomic E-state index is 13.4. The molecular weight excluding hydrogens is 171 g/mol. The van der Waals surface area contributed by atoms with Gasteiger partial charge < -0.3 is 9.84 Å². The molecule has 0 saturated carbocycles. The van der Waals surface area contributed by atoms with E-state index < -0.39 is 0 Å². The van der Waals surface area contributed by atoms with Crippen LogP contribution in [0.3, 0.4) is 0 Å². The fourth-order valence-electron chi connectivity index (χ4n) is 1.33. The third kappa shape index (κ3) is 1.65. The predicted molar refractivity (Wildman–Crippen MR) is 48.3 cm³/mol. The van der Waals surface area contributed by atoms with E-state index >= 15 is 0 Å². The first-order chi connectivity index (χ1) is 6.11. The van der Waals surface area contributed by atoms with Crippen LogP contribution < -0.4 is 4.74 Å². The molecule has 0 unspecified atom stereocenters. The zero-order valence-electron chi connectivity index (χ0n) is 8.02. The van der Waals surface area contributed by atoms with Gasteiger partial charge in [-0.15, -0.1) is 0 Å². The number of methoxy groups -OCH3 is 1. The molecule has 0 aliphatic heterocycles. The van der Waals surface area contributed by atoms with Crippen LogP contribution in [0, 0.1) is 19.7 Å². The molecule has 0 saturated heterocycles. The number of aliphatic hydroxyl groups excluding tert-OH is 1. The van der Waals surface area contributed by atoms with Crippen molar-refractivity contribution in [1.29, 1.82) is 0 Å². The van der Waals surface area contributed by atoms with Crippen molar-refractivity contribution in [1.82, 2.24) is 0 Å². The molecule has 0 atom stereocenters. The lowest BCUT2D eigenvalue weighted by Crippen LogP contribution is -1.99. The van der Waals surface area contributed by atoms with Crippen molar-refractivity contribution >= 4 is 0 Å². The molecule has 1 aromatic carbocycles.